The Morgan fingerprint density at radius 1 is 0.727 bits per heavy atom. The second kappa shape index (κ2) is 4.98. The predicted molar refractivity (Wildman–Crippen MR) is 90.0 cm³/mol. The highest BCUT2D eigenvalue weighted by molar-refractivity contribution is 6.30. The van der Waals surface area contributed by atoms with Crippen LogP contribution in [0.1, 0.15) is 16.7 Å². The van der Waals surface area contributed by atoms with Crippen LogP contribution in [-0.4, -0.2) is 5.11 Å². The van der Waals surface area contributed by atoms with Gasteiger partial charge in [0.2, 0.25) is 0 Å². The van der Waals surface area contributed by atoms with Crippen LogP contribution >= 0.6 is 11.6 Å². The molecule has 0 amide bonds. The highest BCUT2D eigenvalue weighted by atomic mass is 35.5. The summed E-state index contributed by atoms with van der Waals surface area (Å²) in [6.45, 7) is 0. The zero-order chi connectivity index (χ0) is 15.2. The zero-order valence-corrected chi connectivity index (χ0v) is 12.7. The van der Waals surface area contributed by atoms with Crippen molar-refractivity contribution in [2.24, 2.45) is 0 Å². The van der Waals surface area contributed by atoms with Gasteiger partial charge in [-0.15, -0.1) is 0 Å². The quantitative estimate of drug-likeness (QED) is 0.721. The van der Waals surface area contributed by atoms with Gasteiger partial charge in [-0.3, -0.25) is 0 Å². The Hall–Kier alpha value is -2.09. The molecule has 108 valence electrons. The van der Waals surface area contributed by atoms with Crippen LogP contribution < -0.4 is 0 Å². The Kier molecular flexibility index (Phi) is 3.07. The van der Waals surface area contributed by atoms with Crippen molar-refractivity contribution in [1.29, 1.82) is 0 Å². The van der Waals surface area contributed by atoms with Crippen molar-refractivity contribution in [1.82, 2.24) is 0 Å². The number of rotatable bonds is 2. The van der Waals surface area contributed by atoms with E-state index in [9.17, 15) is 5.11 Å². The van der Waals surface area contributed by atoms with Gasteiger partial charge in [0.25, 0.3) is 0 Å². The maximum atomic E-state index is 11.5. The van der Waals surface area contributed by atoms with E-state index in [1.54, 1.807) is 0 Å². The first kappa shape index (κ1) is 13.6. The molecular weight excluding hydrogens is 292 g/mol. The lowest BCUT2D eigenvalue weighted by molar-refractivity contribution is 0.0860. The van der Waals surface area contributed by atoms with E-state index in [4.69, 9.17) is 11.6 Å². The summed E-state index contributed by atoms with van der Waals surface area (Å²) in [5.74, 6) is 0. The molecule has 0 fully saturated rings. The molecule has 3 aromatic rings. The maximum absolute atomic E-state index is 11.5. The maximum Gasteiger partial charge on any atom is 0.120 e. The molecule has 0 saturated carbocycles. The molecule has 2 heteroatoms. The van der Waals surface area contributed by atoms with Crippen LogP contribution in [0.4, 0.5) is 0 Å². The summed E-state index contributed by atoms with van der Waals surface area (Å²) in [4.78, 5) is 0. The van der Waals surface area contributed by atoms with Crippen LogP contribution in [0.2, 0.25) is 5.02 Å². The van der Waals surface area contributed by atoms with Gasteiger partial charge in [-0.2, -0.15) is 0 Å². The van der Waals surface area contributed by atoms with Crippen molar-refractivity contribution in [2.45, 2.75) is 12.0 Å². The van der Waals surface area contributed by atoms with Gasteiger partial charge < -0.3 is 5.11 Å². The minimum Gasteiger partial charge on any atom is -0.380 e. The van der Waals surface area contributed by atoms with Gasteiger partial charge in [0.15, 0.2) is 0 Å². The third-order valence-electron chi connectivity index (χ3n) is 4.41. The van der Waals surface area contributed by atoms with E-state index in [0.29, 0.717) is 11.4 Å². The smallest absolute Gasteiger partial charge is 0.120 e. The first-order valence-electron chi connectivity index (χ1n) is 7.35. The molecule has 1 nitrogen and oxygen atoms in total. The van der Waals surface area contributed by atoms with Gasteiger partial charge in [0, 0.05) is 11.4 Å². The van der Waals surface area contributed by atoms with Crippen molar-refractivity contribution >= 4 is 11.6 Å². The zero-order valence-electron chi connectivity index (χ0n) is 12.0. The summed E-state index contributed by atoms with van der Waals surface area (Å²) in [5.41, 5.74) is 4.28. The molecule has 3 aromatic carbocycles. The molecule has 0 spiro atoms. The highest BCUT2D eigenvalue weighted by Gasteiger charge is 2.41. The molecule has 1 aliphatic rings. The molecule has 0 aromatic heterocycles. The standard InChI is InChI=1S/C20H15ClO/c21-15-11-9-14(10-12-15)13-20(22)18-7-3-1-5-16(18)17-6-2-4-8-19(17)20/h1-12,22H,13H2. The summed E-state index contributed by atoms with van der Waals surface area (Å²) in [6.07, 6.45) is 0.540. The van der Waals surface area contributed by atoms with Crippen LogP contribution in [0.3, 0.4) is 0 Å². The van der Waals surface area contributed by atoms with Crippen molar-refractivity contribution in [3.8, 4) is 11.1 Å². The van der Waals surface area contributed by atoms with Crippen LogP contribution in [0.25, 0.3) is 11.1 Å². The Balaban J connectivity index is 1.88. The fourth-order valence-electron chi connectivity index (χ4n) is 3.39. The fraction of sp³-hybridized carbons (Fsp3) is 0.100. The van der Waals surface area contributed by atoms with Gasteiger partial charge >= 0.3 is 0 Å². The monoisotopic (exact) mass is 306 g/mol. The van der Waals surface area contributed by atoms with Crippen LogP contribution in [0, 0.1) is 0 Å². The summed E-state index contributed by atoms with van der Waals surface area (Å²) in [6, 6.07) is 23.9. The van der Waals surface area contributed by atoms with Crippen molar-refractivity contribution < 1.29 is 5.11 Å². The van der Waals surface area contributed by atoms with Gasteiger partial charge in [0.1, 0.15) is 5.60 Å². The Bertz CT molecular complexity index is 791. The third kappa shape index (κ3) is 1.98. The molecule has 0 atom stereocenters. The van der Waals surface area contributed by atoms with E-state index in [1.807, 2.05) is 60.7 Å². The molecule has 0 saturated heterocycles. The molecule has 0 bridgehead atoms. The summed E-state index contributed by atoms with van der Waals surface area (Å²) in [7, 11) is 0. The molecule has 22 heavy (non-hydrogen) atoms. The van der Waals surface area contributed by atoms with E-state index in [1.165, 1.54) is 0 Å². The number of fused-ring (bicyclic) bond motifs is 3. The number of hydrogen-bond donors (Lipinski definition) is 1. The van der Waals surface area contributed by atoms with Crippen LogP contribution in [0.15, 0.2) is 72.8 Å². The lowest BCUT2D eigenvalue weighted by atomic mass is 9.85. The van der Waals surface area contributed by atoms with Crippen molar-refractivity contribution in [3.05, 3.63) is 94.5 Å². The molecule has 0 aliphatic heterocycles. The highest BCUT2D eigenvalue weighted by Crippen LogP contribution is 2.48. The fourth-order valence-corrected chi connectivity index (χ4v) is 3.52. The van der Waals surface area contributed by atoms with Gasteiger partial charge in [-0.25, -0.2) is 0 Å². The van der Waals surface area contributed by atoms with Crippen molar-refractivity contribution in [2.75, 3.05) is 0 Å². The summed E-state index contributed by atoms with van der Waals surface area (Å²) >= 11 is 5.96. The molecule has 0 unspecified atom stereocenters. The second-order valence-corrected chi connectivity index (χ2v) is 6.19. The number of aliphatic hydroxyl groups is 1. The molecule has 0 heterocycles. The van der Waals surface area contributed by atoms with E-state index in [0.717, 1.165) is 27.8 Å². The van der Waals surface area contributed by atoms with E-state index < -0.39 is 5.60 Å². The van der Waals surface area contributed by atoms with Crippen molar-refractivity contribution in [3.63, 3.8) is 0 Å². The van der Waals surface area contributed by atoms with Gasteiger partial charge in [0.05, 0.1) is 0 Å². The summed E-state index contributed by atoms with van der Waals surface area (Å²) < 4.78 is 0. The molecular formula is C20H15ClO. The van der Waals surface area contributed by atoms with E-state index >= 15 is 0 Å². The van der Waals surface area contributed by atoms with E-state index in [2.05, 4.69) is 12.1 Å². The first-order valence-corrected chi connectivity index (χ1v) is 7.72. The Morgan fingerprint density at radius 2 is 1.23 bits per heavy atom. The average Bonchev–Trinajstić information content (AvgIpc) is 2.80. The second-order valence-electron chi connectivity index (χ2n) is 5.75. The SMILES string of the molecule is OC1(Cc2ccc(Cl)cc2)c2ccccc2-c2ccccc21. The molecule has 4 rings (SSSR count). The predicted octanol–water partition coefficient (Wildman–Crippen LogP) is 4.80. The molecule has 1 N–H and O–H groups in total. The first-order chi connectivity index (χ1) is 10.7. The average molecular weight is 307 g/mol. The van der Waals surface area contributed by atoms with Crippen LogP contribution in [-0.2, 0) is 12.0 Å². The largest absolute Gasteiger partial charge is 0.380 e. The Morgan fingerprint density at radius 3 is 1.77 bits per heavy atom. The van der Waals surface area contributed by atoms with E-state index in [-0.39, 0.29) is 0 Å². The lowest BCUT2D eigenvalue weighted by Crippen LogP contribution is -2.27. The number of halogens is 1. The van der Waals surface area contributed by atoms with Gasteiger partial charge in [-0.05, 0) is 39.9 Å². The van der Waals surface area contributed by atoms with Crippen LogP contribution in [0.5, 0.6) is 0 Å². The Labute approximate surface area is 134 Å². The minimum absolute atomic E-state index is 0.540. The molecule has 0 radical (unpaired) electrons. The minimum atomic E-state index is -0.985. The summed E-state index contributed by atoms with van der Waals surface area (Å²) in [5, 5.41) is 12.2. The lowest BCUT2D eigenvalue weighted by Gasteiger charge is -2.26. The molecule has 1 aliphatic carbocycles. The number of hydrogen-bond acceptors (Lipinski definition) is 1. The third-order valence-corrected chi connectivity index (χ3v) is 4.66. The normalized spacial score (nSPS) is 14.5. The van der Waals surface area contributed by atoms with Gasteiger partial charge in [-0.1, -0.05) is 72.3 Å². The topological polar surface area (TPSA) is 20.2 Å². The number of benzene rings is 3.